The molecule has 1 aliphatic rings. The van der Waals surface area contributed by atoms with Gasteiger partial charge in [-0.3, -0.25) is 9.59 Å². The maximum absolute atomic E-state index is 12.0. The highest BCUT2D eigenvalue weighted by Gasteiger charge is 2.30. The molecule has 1 heterocycles. The van der Waals surface area contributed by atoms with Crippen LogP contribution >= 0.6 is 11.6 Å². The molecule has 0 aromatic carbocycles. The summed E-state index contributed by atoms with van der Waals surface area (Å²) in [6.45, 7) is 5.99. The molecule has 20 heavy (non-hydrogen) atoms. The average Bonchev–Trinajstić information content (AvgIpc) is 2.50. The smallest absolute Gasteiger partial charge is 0.410 e. The molecule has 0 radical (unpaired) electrons. The molecule has 1 saturated heterocycles. The van der Waals surface area contributed by atoms with E-state index in [1.807, 2.05) is 0 Å². The standard InChI is InChI=1S/C12H20ClN3O4/c1-12(2,3)20-11(19)16-5-4-14-10(18)8(7-16)15-9(17)6-13/h8H,4-7H2,1-3H3,(H,14,18)(H,15,17). The molecular weight excluding hydrogens is 286 g/mol. The van der Waals surface area contributed by atoms with Crippen molar-refractivity contribution in [3.63, 3.8) is 0 Å². The van der Waals surface area contributed by atoms with Crippen LogP contribution in [0.3, 0.4) is 0 Å². The van der Waals surface area contributed by atoms with Gasteiger partial charge in [0.15, 0.2) is 0 Å². The lowest BCUT2D eigenvalue weighted by Gasteiger charge is -2.27. The lowest BCUT2D eigenvalue weighted by atomic mass is 10.2. The van der Waals surface area contributed by atoms with Gasteiger partial charge in [-0.05, 0) is 20.8 Å². The number of carbonyl (C=O) groups excluding carboxylic acids is 3. The van der Waals surface area contributed by atoms with Gasteiger partial charge in [-0.1, -0.05) is 0 Å². The molecule has 0 spiro atoms. The van der Waals surface area contributed by atoms with Crippen LogP contribution in [0.2, 0.25) is 0 Å². The molecule has 0 saturated carbocycles. The Morgan fingerprint density at radius 2 is 2.15 bits per heavy atom. The van der Waals surface area contributed by atoms with Gasteiger partial charge in [0.1, 0.15) is 17.5 Å². The zero-order valence-electron chi connectivity index (χ0n) is 11.9. The van der Waals surface area contributed by atoms with Crippen LogP contribution in [0.5, 0.6) is 0 Å². The molecular formula is C12H20ClN3O4. The molecule has 2 N–H and O–H groups in total. The average molecular weight is 306 g/mol. The Balaban J connectivity index is 2.71. The van der Waals surface area contributed by atoms with Crippen molar-refractivity contribution in [3.8, 4) is 0 Å². The highest BCUT2D eigenvalue weighted by atomic mass is 35.5. The molecule has 7 nitrogen and oxygen atoms in total. The van der Waals surface area contributed by atoms with E-state index < -0.39 is 23.6 Å². The number of hydrogen-bond donors (Lipinski definition) is 2. The van der Waals surface area contributed by atoms with Crippen molar-refractivity contribution in [2.24, 2.45) is 0 Å². The molecule has 0 bridgehead atoms. The minimum Gasteiger partial charge on any atom is -0.444 e. The first-order valence-corrected chi connectivity index (χ1v) is 6.87. The highest BCUT2D eigenvalue weighted by molar-refractivity contribution is 6.27. The Morgan fingerprint density at radius 1 is 1.50 bits per heavy atom. The Hall–Kier alpha value is -1.50. The third-order valence-corrected chi connectivity index (χ3v) is 2.75. The summed E-state index contributed by atoms with van der Waals surface area (Å²) in [4.78, 5) is 36.4. The van der Waals surface area contributed by atoms with E-state index in [9.17, 15) is 14.4 Å². The summed E-state index contributed by atoms with van der Waals surface area (Å²) in [5.74, 6) is -1.04. The number of carbonyl (C=O) groups is 3. The topological polar surface area (TPSA) is 87.7 Å². The first-order chi connectivity index (χ1) is 9.23. The highest BCUT2D eigenvalue weighted by Crippen LogP contribution is 2.11. The van der Waals surface area contributed by atoms with Gasteiger partial charge in [0.05, 0.1) is 6.54 Å². The van der Waals surface area contributed by atoms with Crippen molar-refractivity contribution in [1.29, 1.82) is 0 Å². The van der Waals surface area contributed by atoms with E-state index in [4.69, 9.17) is 16.3 Å². The SMILES string of the molecule is CC(C)(C)OC(=O)N1CCNC(=O)C(NC(=O)CCl)C1. The largest absolute Gasteiger partial charge is 0.444 e. The lowest BCUT2D eigenvalue weighted by molar-refractivity contribution is -0.127. The Bertz CT molecular complexity index is 395. The van der Waals surface area contributed by atoms with Gasteiger partial charge in [-0.25, -0.2) is 4.79 Å². The molecule has 1 fully saturated rings. The molecule has 1 atom stereocenters. The molecule has 0 aliphatic carbocycles. The lowest BCUT2D eigenvalue weighted by Crippen LogP contribution is -2.51. The summed E-state index contributed by atoms with van der Waals surface area (Å²) in [5, 5.41) is 5.10. The Morgan fingerprint density at radius 3 is 2.70 bits per heavy atom. The molecule has 0 aromatic rings. The normalized spacial score (nSPS) is 19.9. The second-order valence-electron chi connectivity index (χ2n) is 5.47. The second-order valence-corrected chi connectivity index (χ2v) is 5.74. The molecule has 8 heteroatoms. The van der Waals surface area contributed by atoms with E-state index in [0.29, 0.717) is 13.1 Å². The first-order valence-electron chi connectivity index (χ1n) is 6.34. The van der Waals surface area contributed by atoms with Crippen LogP contribution in [0, 0.1) is 0 Å². The number of rotatable bonds is 2. The summed E-state index contributed by atoms with van der Waals surface area (Å²) in [6, 6.07) is -0.823. The van der Waals surface area contributed by atoms with Crippen LogP contribution in [0.4, 0.5) is 4.79 Å². The monoisotopic (exact) mass is 305 g/mol. The predicted octanol–water partition coefficient (Wildman–Crippen LogP) is 0.0769. The van der Waals surface area contributed by atoms with Crippen molar-refractivity contribution >= 4 is 29.5 Å². The summed E-state index contributed by atoms with van der Waals surface area (Å²) in [7, 11) is 0. The summed E-state index contributed by atoms with van der Waals surface area (Å²) in [6.07, 6.45) is -0.515. The predicted molar refractivity (Wildman–Crippen MR) is 73.5 cm³/mol. The molecule has 1 rings (SSSR count). The van der Waals surface area contributed by atoms with E-state index in [1.165, 1.54) is 4.90 Å². The van der Waals surface area contributed by atoms with Crippen LogP contribution in [-0.2, 0) is 14.3 Å². The number of amides is 3. The van der Waals surface area contributed by atoms with E-state index in [-0.39, 0.29) is 18.3 Å². The van der Waals surface area contributed by atoms with Gasteiger partial charge in [-0.2, -0.15) is 0 Å². The van der Waals surface area contributed by atoms with Crippen molar-refractivity contribution in [2.75, 3.05) is 25.5 Å². The summed E-state index contributed by atoms with van der Waals surface area (Å²) in [5.41, 5.74) is -0.615. The molecule has 3 amide bonds. The molecule has 1 aliphatic heterocycles. The van der Waals surface area contributed by atoms with Crippen LogP contribution in [0.15, 0.2) is 0 Å². The quantitative estimate of drug-likeness (QED) is 0.707. The fourth-order valence-corrected chi connectivity index (χ4v) is 1.75. The van der Waals surface area contributed by atoms with Gasteiger partial charge in [0.25, 0.3) is 0 Å². The Kier molecular flexibility index (Phi) is 5.62. The van der Waals surface area contributed by atoms with E-state index in [0.717, 1.165) is 0 Å². The van der Waals surface area contributed by atoms with Crippen LogP contribution in [-0.4, -0.2) is 60.0 Å². The van der Waals surface area contributed by atoms with Crippen LogP contribution in [0.25, 0.3) is 0 Å². The molecule has 1 unspecified atom stereocenters. The first kappa shape index (κ1) is 16.6. The van der Waals surface area contributed by atoms with Crippen molar-refractivity contribution in [3.05, 3.63) is 0 Å². The molecule has 0 aromatic heterocycles. The zero-order valence-corrected chi connectivity index (χ0v) is 12.6. The molecule has 114 valence electrons. The van der Waals surface area contributed by atoms with Gasteiger partial charge in [-0.15, -0.1) is 11.6 Å². The fraction of sp³-hybridized carbons (Fsp3) is 0.750. The third kappa shape index (κ3) is 5.24. The summed E-state index contributed by atoms with van der Waals surface area (Å²) < 4.78 is 5.26. The number of nitrogens with one attached hydrogen (secondary N) is 2. The zero-order chi connectivity index (χ0) is 15.3. The van der Waals surface area contributed by atoms with Crippen molar-refractivity contribution in [1.82, 2.24) is 15.5 Å². The number of hydrogen-bond acceptors (Lipinski definition) is 4. The summed E-state index contributed by atoms with van der Waals surface area (Å²) >= 11 is 5.40. The van der Waals surface area contributed by atoms with Crippen molar-refractivity contribution < 1.29 is 19.1 Å². The van der Waals surface area contributed by atoms with Crippen LogP contribution in [0.1, 0.15) is 20.8 Å². The van der Waals surface area contributed by atoms with Gasteiger partial charge < -0.3 is 20.3 Å². The van der Waals surface area contributed by atoms with E-state index >= 15 is 0 Å². The Labute approximate surface area is 123 Å². The van der Waals surface area contributed by atoms with Gasteiger partial charge in [0, 0.05) is 13.1 Å². The number of ether oxygens (including phenoxy) is 1. The van der Waals surface area contributed by atoms with E-state index in [2.05, 4.69) is 10.6 Å². The fourth-order valence-electron chi connectivity index (χ4n) is 1.67. The number of alkyl halides is 1. The number of nitrogens with zero attached hydrogens (tertiary/aromatic N) is 1. The second kappa shape index (κ2) is 6.78. The minimum absolute atomic E-state index is 0.0589. The maximum atomic E-state index is 12.0. The van der Waals surface area contributed by atoms with Gasteiger partial charge in [0.2, 0.25) is 11.8 Å². The maximum Gasteiger partial charge on any atom is 0.410 e. The number of halogens is 1. The third-order valence-electron chi connectivity index (χ3n) is 2.51. The van der Waals surface area contributed by atoms with Crippen LogP contribution < -0.4 is 10.6 Å². The minimum atomic E-state index is -0.823. The van der Waals surface area contributed by atoms with Gasteiger partial charge >= 0.3 is 6.09 Å². The van der Waals surface area contributed by atoms with Crippen molar-refractivity contribution in [2.45, 2.75) is 32.4 Å². The van der Waals surface area contributed by atoms with E-state index in [1.54, 1.807) is 20.8 Å².